The van der Waals surface area contributed by atoms with Gasteiger partial charge in [-0.05, 0) is 17.6 Å². The minimum absolute atomic E-state index is 0.121. The molecule has 0 saturated carbocycles. The number of aliphatic carboxylic acids is 1. The van der Waals surface area contributed by atoms with Crippen LogP contribution in [0, 0.1) is 11.8 Å². The summed E-state index contributed by atoms with van der Waals surface area (Å²) in [5, 5.41) is 8.63. The van der Waals surface area contributed by atoms with Crippen molar-refractivity contribution < 1.29 is 14.7 Å². The van der Waals surface area contributed by atoms with E-state index in [1.165, 1.54) is 0 Å². The van der Waals surface area contributed by atoms with Gasteiger partial charge in [-0.2, -0.15) is 0 Å². The highest BCUT2D eigenvalue weighted by atomic mass is 16.4. The first kappa shape index (κ1) is 10.8. The van der Waals surface area contributed by atoms with Gasteiger partial charge in [0, 0.05) is 5.56 Å². The third-order valence-electron chi connectivity index (χ3n) is 1.68. The summed E-state index contributed by atoms with van der Waals surface area (Å²) in [5.41, 5.74) is 5.94. The molecule has 0 aliphatic heterocycles. The first-order valence-electron chi connectivity index (χ1n) is 4.20. The van der Waals surface area contributed by atoms with E-state index in [4.69, 9.17) is 10.8 Å². The van der Waals surface area contributed by atoms with Crippen LogP contribution in [0.15, 0.2) is 24.3 Å². The maximum absolute atomic E-state index is 10.5. The maximum Gasteiger partial charge on any atom is 0.307 e. The Bertz CT molecular complexity index is 454. The zero-order chi connectivity index (χ0) is 11.3. The first-order chi connectivity index (χ1) is 7.09. The van der Waals surface area contributed by atoms with E-state index in [-0.39, 0.29) is 6.42 Å². The highest BCUT2D eigenvalue weighted by molar-refractivity contribution is 5.92. The van der Waals surface area contributed by atoms with Gasteiger partial charge in [-0.25, -0.2) is 0 Å². The third-order valence-corrected chi connectivity index (χ3v) is 1.68. The molecule has 0 aliphatic rings. The highest BCUT2D eigenvalue weighted by Gasteiger charge is 2.03. The lowest BCUT2D eigenvalue weighted by atomic mass is 10.1. The summed E-state index contributed by atoms with van der Waals surface area (Å²) >= 11 is 0. The largest absolute Gasteiger partial charge is 0.481 e. The molecule has 0 aromatic heterocycles. The molecule has 0 bridgehead atoms. The van der Waals surface area contributed by atoms with Crippen LogP contribution >= 0.6 is 0 Å². The van der Waals surface area contributed by atoms with E-state index in [0.29, 0.717) is 11.1 Å². The molecule has 0 atom stereocenters. The number of rotatable bonds is 2. The Morgan fingerprint density at radius 3 is 2.60 bits per heavy atom. The van der Waals surface area contributed by atoms with Crippen molar-refractivity contribution in [2.24, 2.45) is 5.73 Å². The molecule has 1 amide bonds. The Labute approximate surface area is 86.7 Å². The number of carboxylic acid groups (broad SMARTS) is 1. The van der Waals surface area contributed by atoms with Crippen LogP contribution in [-0.2, 0) is 16.0 Å². The molecule has 4 heteroatoms. The van der Waals surface area contributed by atoms with Gasteiger partial charge in [0.15, 0.2) is 0 Å². The summed E-state index contributed by atoms with van der Waals surface area (Å²) in [6.45, 7) is 0. The highest BCUT2D eigenvalue weighted by Crippen LogP contribution is 2.07. The Morgan fingerprint density at radius 1 is 1.33 bits per heavy atom. The van der Waals surface area contributed by atoms with Gasteiger partial charge in [0.25, 0.3) is 5.91 Å². The van der Waals surface area contributed by atoms with Crippen molar-refractivity contribution in [2.75, 3.05) is 0 Å². The van der Waals surface area contributed by atoms with Crippen molar-refractivity contribution in [3.8, 4) is 11.8 Å². The maximum atomic E-state index is 10.5. The molecule has 0 saturated heterocycles. The number of hydrogen-bond acceptors (Lipinski definition) is 2. The molecule has 0 heterocycles. The quantitative estimate of drug-likeness (QED) is 0.671. The van der Waals surface area contributed by atoms with Crippen LogP contribution < -0.4 is 5.73 Å². The monoisotopic (exact) mass is 203 g/mol. The van der Waals surface area contributed by atoms with Gasteiger partial charge in [0.05, 0.1) is 6.42 Å². The molecular weight excluding hydrogens is 194 g/mol. The van der Waals surface area contributed by atoms with E-state index in [1.807, 2.05) is 0 Å². The molecule has 0 fully saturated rings. The molecule has 1 aromatic carbocycles. The van der Waals surface area contributed by atoms with E-state index in [0.717, 1.165) is 0 Å². The lowest BCUT2D eigenvalue weighted by Crippen LogP contribution is -2.06. The van der Waals surface area contributed by atoms with Gasteiger partial charge < -0.3 is 10.8 Å². The van der Waals surface area contributed by atoms with Crippen molar-refractivity contribution in [2.45, 2.75) is 6.42 Å². The summed E-state index contributed by atoms with van der Waals surface area (Å²) in [5.74, 6) is 3.02. The van der Waals surface area contributed by atoms with E-state index in [2.05, 4.69) is 11.8 Å². The van der Waals surface area contributed by atoms with Gasteiger partial charge in [-0.15, -0.1) is 0 Å². The number of carbonyl (C=O) groups excluding carboxylic acids is 1. The minimum atomic E-state index is -0.941. The summed E-state index contributed by atoms with van der Waals surface area (Å²) in [6.07, 6.45) is -0.121. The zero-order valence-electron chi connectivity index (χ0n) is 7.86. The fraction of sp³-hybridized carbons (Fsp3) is 0.0909. The van der Waals surface area contributed by atoms with Crippen LogP contribution in [0.25, 0.3) is 0 Å². The van der Waals surface area contributed by atoms with E-state index in [9.17, 15) is 9.59 Å². The normalized spacial score (nSPS) is 8.80. The van der Waals surface area contributed by atoms with Crippen LogP contribution in [0.3, 0.4) is 0 Å². The number of carbonyl (C=O) groups is 2. The SMILES string of the molecule is NC(=O)C#Cc1ccccc1CC(=O)O. The third kappa shape index (κ3) is 3.53. The van der Waals surface area contributed by atoms with Crippen LogP contribution in [-0.4, -0.2) is 17.0 Å². The smallest absolute Gasteiger partial charge is 0.307 e. The van der Waals surface area contributed by atoms with Gasteiger partial charge in [-0.1, -0.05) is 24.1 Å². The second-order valence-electron chi connectivity index (χ2n) is 2.84. The van der Waals surface area contributed by atoms with Crippen molar-refractivity contribution in [1.29, 1.82) is 0 Å². The fourth-order valence-electron chi connectivity index (χ4n) is 1.09. The molecule has 15 heavy (non-hydrogen) atoms. The molecule has 0 spiro atoms. The molecule has 1 rings (SSSR count). The molecular formula is C11H9NO3. The number of amides is 1. The molecule has 1 aromatic rings. The molecule has 0 aliphatic carbocycles. The Kier molecular flexibility index (Phi) is 3.47. The minimum Gasteiger partial charge on any atom is -0.481 e. The Balaban J connectivity index is 3.02. The van der Waals surface area contributed by atoms with Crippen molar-refractivity contribution in [3.05, 3.63) is 35.4 Å². The van der Waals surface area contributed by atoms with Crippen LogP contribution in [0.1, 0.15) is 11.1 Å². The second-order valence-corrected chi connectivity index (χ2v) is 2.84. The van der Waals surface area contributed by atoms with Gasteiger partial charge in [0.2, 0.25) is 0 Å². The molecule has 0 unspecified atom stereocenters. The number of primary amides is 1. The second kappa shape index (κ2) is 4.82. The Morgan fingerprint density at radius 2 is 2.00 bits per heavy atom. The van der Waals surface area contributed by atoms with Crippen molar-refractivity contribution >= 4 is 11.9 Å². The lowest BCUT2D eigenvalue weighted by Gasteiger charge is -1.99. The van der Waals surface area contributed by atoms with Crippen LogP contribution in [0.2, 0.25) is 0 Å². The first-order valence-corrected chi connectivity index (χ1v) is 4.20. The molecule has 4 nitrogen and oxygen atoms in total. The predicted molar refractivity (Wildman–Crippen MR) is 53.9 cm³/mol. The summed E-state index contributed by atoms with van der Waals surface area (Å²) in [7, 11) is 0. The van der Waals surface area contributed by atoms with Gasteiger partial charge in [-0.3, -0.25) is 9.59 Å². The van der Waals surface area contributed by atoms with Crippen molar-refractivity contribution in [1.82, 2.24) is 0 Å². The van der Waals surface area contributed by atoms with Gasteiger partial charge >= 0.3 is 5.97 Å². The lowest BCUT2D eigenvalue weighted by molar-refractivity contribution is -0.136. The van der Waals surface area contributed by atoms with E-state index >= 15 is 0 Å². The fourth-order valence-corrected chi connectivity index (χ4v) is 1.09. The number of carboxylic acids is 1. The average Bonchev–Trinajstić information content (AvgIpc) is 2.15. The van der Waals surface area contributed by atoms with E-state index in [1.54, 1.807) is 24.3 Å². The van der Waals surface area contributed by atoms with Crippen LogP contribution in [0.4, 0.5) is 0 Å². The standard InChI is InChI=1S/C11H9NO3/c12-10(13)6-5-8-3-1-2-4-9(8)7-11(14)15/h1-4H,7H2,(H2,12,13)(H,14,15). The molecule has 0 radical (unpaired) electrons. The van der Waals surface area contributed by atoms with Crippen LogP contribution in [0.5, 0.6) is 0 Å². The topological polar surface area (TPSA) is 80.4 Å². The molecule has 3 N–H and O–H groups in total. The number of nitrogens with two attached hydrogens (primary N) is 1. The molecule has 76 valence electrons. The van der Waals surface area contributed by atoms with Crippen molar-refractivity contribution in [3.63, 3.8) is 0 Å². The Hall–Kier alpha value is -2.28. The number of hydrogen-bond donors (Lipinski definition) is 2. The summed E-state index contributed by atoms with van der Waals surface area (Å²) < 4.78 is 0. The average molecular weight is 203 g/mol. The number of benzene rings is 1. The summed E-state index contributed by atoms with van der Waals surface area (Å²) in [6, 6.07) is 6.73. The van der Waals surface area contributed by atoms with Gasteiger partial charge in [0.1, 0.15) is 0 Å². The zero-order valence-corrected chi connectivity index (χ0v) is 7.86. The predicted octanol–water partition coefficient (Wildman–Crippen LogP) is 0.151. The van der Waals surface area contributed by atoms with E-state index < -0.39 is 11.9 Å². The summed E-state index contributed by atoms with van der Waals surface area (Å²) in [4.78, 5) is 21.0.